The summed E-state index contributed by atoms with van der Waals surface area (Å²) in [5.41, 5.74) is 8.01. The van der Waals surface area contributed by atoms with Gasteiger partial charge in [-0.15, -0.1) is 0 Å². The molecule has 112 valence electrons. The summed E-state index contributed by atoms with van der Waals surface area (Å²) < 4.78 is 0. The third-order valence-electron chi connectivity index (χ3n) is 4.07. The lowest BCUT2D eigenvalue weighted by atomic mass is 9.90. The summed E-state index contributed by atoms with van der Waals surface area (Å²) in [7, 11) is 0. The summed E-state index contributed by atoms with van der Waals surface area (Å²) in [4.78, 5) is 24.2. The quantitative estimate of drug-likeness (QED) is 0.832. The number of primary amides is 1. The molecule has 1 aliphatic rings. The summed E-state index contributed by atoms with van der Waals surface area (Å²) in [5, 5.41) is 3.24. The molecule has 4 heteroatoms. The van der Waals surface area contributed by atoms with Crippen molar-refractivity contribution in [2.75, 3.05) is 6.54 Å². The smallest absolute Gasteiger partial charge is 0.249 e. The van der Waals surface area contributed by atoms with Gasteiger partial charge in [0.25, 0.3) is 0 Å². The SMILES string of the molecule is NC(=O)c1ccccc1-c1ccccc1C(=O)CC1CCN1. The van der Waals surface area contributed by atoms with E-state index in [1.807, 2.05) is 36.4 Å². The summed E-state index contributed by atoms with van der Waals surface area (Å²) in [6.07, 6.45) is 1.52. The first-order valence-corrected chi connectivity index (χ1v) is 7.41. The van der Waals surface area contributed by atoms with Crippen molar-refractivity contribution in [2.45, 2.75) is 18.9 Å². The number of Topliss-reactive ketones (excluding diaryl/α,β-unsaturated/α-hetero) is 1. The highest BCUT2D eigenvalue weighted by atomic mass is 16.1. The zero-order valence-electron chi connectivity index (χ0n) is 12.2. The van der Waals surface area contributed by atoms with Crippen molar-refractivity contribution in [1.29, 1.82) is 0 Å². The molecule has 3 rings (SSSR count). The summed E-state index contributed by atoms with van der Waals surface area (Å²) in [6, 6.07) is 14.8. The van der Waals surface area contributed by atoms with Gasteiger partial charge in [-0.2, -0.15) is 0 Å². The van der Waals surface area contributed by atoms with Gasteiger partial charge in [-0.3, -0.25) is 9.59 Å². The van der Waals surface area contributed by atoms with Crippen LogP contribution in [-0.4, -0.2) is 24.3 Å². The Morgan fingerprint density at radius 1 is 1.00 bits per heavy atom. The maximum Gasteiger partial charge on any atom is 0.249 e. The Balaban J connectivity index is 2.01. The highest BCUT2D eigenvalue weighted by molar-refractivity contribution is 6.06. The number of hydrogen-bond acceptors (Lipinski definition) is 3. The number of carbonyl (C=O) groups is 2. The minimum absolute atomic E-state index is 0.0899. The molecule has 1 heterocycles. The van der Waals surface area contributed by atoms with E-state index in [0.717, 1.165) is 18.5 Å². The topological polar surface area (TPSA) is 72.2 Å². The van der Waals surface area contributed by atoms with Crippen LogP contribution in [0.2, 0.25) is 0 Å². The van der Waals surface area contributed by atoms with Crippen molar-refractivity contribution >= 4 is 11.7 Å². The minimum Gasteiger partial charge on any atom is -0.366 e. The average molecular weight is 294 g/mol. The number of rotatable bonds is 5. The Bertz CT molecular complexity index is 721. The molecule has 2 aromatic rings. The Labute approximate surface area is 129 Å². The van der Waals surface area contributed by atoms with Gasteiger partial charge in [0.1, 0.15) is 0 Å². The van der Waals surface area contributed by atoms with Crippen LogP contribution < -0.4 is 11.1 Å². The Hall–Kier alpha value is -2.46. The zero-order chi connectivity index (χ0) is 15.5. The van der Waals surface area contributed by atoms with Gasteiger partial charge in [0.15, 0.2) is 5.78 Å². The second-order valence-electron chi connectivity index (χ2n) is 5.52. The number of nitrogens with two attached hydrogens (primary N) is 1. The van der Waals surface area contributed by atoms with E-state index in [0.29, 0.717) is 23.1 Å². The van der Waals surface area contributed by atoms with Crippen LogP contribution in [0.3, 0.4) is 0 Å². The summed E-state index contributed by atoms with van der Waals surface area (Å²) >= 11 is 0. The average Bonchev–Trinajstić information content (AvgIpc) is 2.50. The van der Waals surface area contributed by atoms with E-state index in [4.69, 9.17) is 5.73 Å². The lowest BCUT2D eigenvalue weighted by Gasteiger charge is -2.27. The van der Waals surface area contributed by atoms with Crippen molar-refractivity contribution in [3.63, 3.8) is 0 Å². The molecule has 1 atom stereocenters. The first kappa shape index (κ1) is 14.5. The molecular formula is C18H18N2O2. The normalized spacial score (nSPS) is 16.8. The fraction of sp³-hybridized carbons (Fsp3) is 0.222. The van der Waals surface area contributed by atoms with Gasteiger partial charge in [0.05, 0.1) is 0 Å². The number of benzene rings is 2. The zero-order valence-corrected chi connectivity index (χ0v) is 12.2. The van der Waals surface area contributed by atoms with Crippen LogP contribution in [0, 0.1) is 0 Å². The standard InChI is InChI=1S/C18H18N2O2/c19-18(22)16-8-4-2-6-14(16)13-5-1-3-7-15(13)17(21)11-12-9-10-20-12/h1-8,12,20H,9-11H2,(H2,19,22). The molecule has 3 N–H and O–H groups in total. The van der Waals surface area contributed by atoms with Crippen LogP contribution >= 0.6 is 0 Å². The summed E-state index contributed by atoms with van der Waals surface area (Å²) in [6.45, 7) is 0.976. The van der Waals surface area contributed by atoms with Crippen LogP contribution in [0.25, 0.3) is 11.1 Å². The predicted octanol–water partition coefficient (Wildman–Crippen LogP) is 2.39. The Kier molecular flexibility index (Phi) is 4.02. The van der Waals surface area contributed by atoms with Gasteiger partial charge in [-0.05, 0) is 30.2 Å². The third-order valence-corrected chi connectivity index (χ3v) is 4.07. The molecule has 1 aliphatic heterocycles. The molecule has 1 fully saturated rings. The number of nitrogens with one attached hydrogen (secondary N) is 1. The molecule has 0 aliphatic carbocycles. The van der Waals surface area contributed by atoms with E-state index in [9.17, 15) is 9.59 Å². The molecule has 0 bridgehead atoms. The third kappa shape index (κ3) is 2.78. The summed E-state index contributed by atoms with van der Waals surface area (Å²) in [5.74, 6) is -0.398. The van der Waals surface area contributed by atoms with Crippen LogP contribution in [0.1, 0.15) is 33.6 Å². The molecule has 4 nitrogen and oxygen atoms in total. The monoisotopic (exact) mass is 294 g/mol. The largest absolute Gasteiger partial charge is 0.366 e. The van der Waals surface area contributed by atoms with Crippen LogP contribution in [-0.2, 0) is 0 Å². The molecule has 0 aromatic heterocycles. The molecule has 0 radical (unpaired) electrons. The molecule has 1 saturated heterocycles. The van der Waals surface area contributed by atoms with E-state index < -0.39 is 5.91 Å². The number of hydrogen-bond donors (Lipinski definition) is 2. The van der Waals surface area contributed by atoms with E-state index in [2.05, 4.69) is 5.32 Å². The van der Waals surface area contributed by atoms with Crippen molar-refractivity contribution in [3.8, 4) is 11.1 Å². The second-order valence-corrected chi connectivity index (χ2v) is 5.52. The fourth-order valence-electron chi connectivity index (χ4n) is 2.75. The van der Waals surface area contributed by atoms with Crippen LogP contribution in [0.5, 0.6) is 0 Å². The van der Waals surface area contributed by atoms with E-state index >= 15 is 0 Å². The van der Waals surface area contributed by atoms with Crippen LogP contribution in [0.15, 0.2) is 48.5 Å². The molecule has 1 unspecified atom stereocenters. The van der Waals surface area contributed by atoms with E-state index in [1.165, 1.54) is 0 Å². The maximum atomic E-state index is 12.6. The molecule has 0 spiro atoms. The molecule has 22 heavy (non-hydrogen) atoms. The highest BCUT2D eigenvalue weighted by Gasteiger charge is 2.23. The van der Waals surface area contributed by atoms with Gasteiger partial charge >= 0.3 is 0 Å². The van der Waals surface area contributed by atoms with Crippen molar-refractivity contribution in [3.05, 3.63) is 59.7 Å². The van der Waals surface area contributed by atoms with Gasteiger partial charge in [0.2, 0.25) is 5.91 Å². The fourth-order valence-corrected chi connectivity index (χ4v) is 2.75. The van der Waals surface area contributed by atoms with E-state index in [-0.39, 0.29) is 11.8 Å². The highest BCUT2D eigenvalue weighted by Crippen LogP contribution is 2.28. The van der Waals surface area contributed by atoms with Crippen molar-refractivity contribution in [1.82, 2.24) is 5.32 Å². The second kappa shape index (κ2) is 6.12. The van der Waals surface area contributed by atoms with Crippen LogP contribution in [0.4, 0.5) is 0 Å². The Morgan fingerprint density at radius 2 is 1.55 bits per heavy atom. The van der Waals surface area contributed by atoms with E-state index in [1.54, 1.807) is 12.1 Å². The number of amides is 1. The first-order valence-electron chi connectivity index (χ1n) is 7.41. The molecule has 1 amide bonds. The molecule has 0 saturated carbocycles. The van der Waals surface area contributed by atoms with Gasteiger partial charge < -0.3 is 11.1 Å². The Morgan fingerprint density at radius 3 is 2.09 bits per heavy atom. The van der Waals surface area contributed by atoms with Crippen molar-refractivity contribution in [2.24, 2.45) is 5.73 Å². The van der Waals surface area contributed by atoms with Gasteiger partial charge in [-0.1, -0.05) is 42.5 Å². The number of carbonyl (C=O) groups excluding carboxylic acids is 2. The van der Waals surface area contributed by atoms with Gasteiger partial charge in [0, 0.05) is 23.6 Å². The maximum absolute atomic E-state index is 12.6. The first-order chi connectivity index (χ1) is 10.7. The minimum atomic E-state index is -0.487. The number of ketones is 1. The predicted molar refractivity (Wildman–Crippen MR) is 85.8 cm³/mol. The van der Waals surface area contributed by atoms with Gasteiger partial charge in [-0.25, -0.2) is 0 Å². The lowest BCUT2D eigenvalue weighted by molar-refractivity contribution is 0.0954. The molecule has 2 aromatic carbocycles. The molecular weight excluding hydrogens is 276 g/mol. The van der Waals surface area contributed by atoms with Crippen molar-refractivity contribution < 1.29 is 9.59 Å². The lowest BCUT2D eigenvalue weighted by Crippen LogP contribution is -2.44.